The van der Waals surface area contributed by atoms with E-state index >= 15 is 0 Å². The van der Waals surface area contributed by atoms with E-state index in [1.165, 1.54) is 4.57 Å². The predicted molar refractivity (Wildman–Crippen MR) is 102 cm³/mol. The van der Waals surface area contributed by atoms with Crippen molar-refractivity contribution in [2.45, 2.75) is 26.4 Å². The summed E-state index contributed by atoms with van der Waals surface area (Å²) in [5.74, 6) is 1.41. The predicted octanol–water partition coefficient (Wildman–Crippen LogP) is 1.95. The molecule has 0 radical (unpaired) electrons. The molecule has 1 amide bonds. The minimum atomic E-state index is -0.390. The second-order valence-electron chi connectivity index (χ2n) is 6.56. The Bertz CT molecular complexity index is 1070. The highest BCUT2D eigenvalue weighted by atomic mass is 16.7. The topological polar surface area (TPSA) is 87.4 Å². The van der Waals surface area contributed by atoms with Crippen LogP contribution in [0, 0.1) is 6.92 Å². The van der Waals surface area contributed by atoms with Crippen LogP contribution >= 0.6 is 0 Å². The largest absolute Gasteiger partial charge is 0.454 e. The molecular formula is C20H20N4O4. The maximum absolute atomic E-state index is 12.8. The van der Waals surface area contributed by atoms with Crippen LogP contribution in [0.3, 0.4) is 0 Å². The quantitative estimate of drug-likeness (QED) is 0.731. The summed E-state index contributed by atoms with van der Waals surface area (Å²) < 4.78 is 13.3. The van der Waals surface area contributed by atoms with E-state index in [-0.39, 0.29) is 31.0 Å². The van der Waals surface area contributed by atoms with E-state index in [1.54, 1.807) is 25.1 Å². The Morgan fingerprint density at radius 1 is 1.18 bits per heavy atom. The normalized spacial score (nSPS) is 13.4. The number of nitrogens with zero attached hydrogens (tertiary/aromatic N) is 3. The molecule has 1 unspecified atom stereocenters. The molecular weight excluding hydrogens is 360 g/mol. The molecule has 0 aliphatic carbocycles. The number of aryl methyl sites for hydroxylation is 1. The third-order valence-corrected chi connectivity index (χ3v) is 4.59. The van der Waals surface area contributed by atoms with Crippen molar-refractivity contribution in [1.29, 1.82) is 0 Å². The Kier molecular flexibility index (Phi) is 4.60. The van der Waals surface area contributed by atoms with E-state index in [4.69, 9.17) is 9.47 Å². The molecule has 2 aromatic carbocycles. The molecule has 1 aromatic heterocycles. The third-order valence-electron chi connectivity index (χ3n) is 4.59. The summed E-state index contributed by atoms with van der Waals surface area (Å²) in [5, 5.41) is 7.12. The van der Waals surface area contributed by atoms with Gasteiger partial charge in [0.1, 0.15) is 12.4 Å². The molecule has 1 N–H and O–H groups in total. The van der Waals surface area contributed by atoms with Gasteiger partial charge in [0.25, 0.3) is 0 Å². The molecule has 8 nitrogen and oxygen atoms in total. The molecule has 3 aromatic rings. The number of nitrogens with one attached hydrogen (secondary N) is 1. The van der Waals surface area contributed by atoms with Crippen LogP contribution in [0.5, 0.6) is 11.5 Å². The number of benzene rings is 2. The van der Waals surface area contributed by atoms with E-state index in [2.05, 4.69) is 10.4 Å². The highest BCUT2D eigenvalue weighted by molar-refractivity contribution is 5.76. The van der Waals surface area contributed by atoms with Gasteiger partial charge in [-0.2, -0.15) is 5.10 Å². The zero-order valence-corrected chi connectivity index (χ0v) is 15.6. The Morgan fingerprint density at radius 2 is 1.93 bits per heavy atom. The Hall–Kier alpha value is -3.55. The third kappa shape index (κ3) is 3.36. The number of hydrogen-bond acceptors (Lipinski definition) is 5. The Balaban J connectivity index is 1.53. The zero-order valence-electron chi connectivity index (χ0n) is 15.6. The SMILES string of the molecule is Cc1nn(CC(=O)NC(C)c2ccccc2)c(=O)n1-c1ccc2c(c1)OCO2. The summed E-state index contributed by atoms with van der Waals surface area (Å²) >= 11 is 0. The van der Waals surface area contributed by atoms with Crippen molar-refractivity contribution < 1.29 is 14.3 Å². The van der Waals surface area contributed by atoms with Crippen LogP contribution in [0.25, 0.3) is 5.69 Å². The number of carbonyl (C=O) groups excluding carboxylic acids is 1. The molecule has 144 valence electrons. The molecule has 28 heavy (non-hydrogen) atoms. The lowest BCUT2D eigenvalue weighted by molar-refractivity contribution is -0.122. The summed E-state index contributed by atoms with van der Waals surface area (Å²) in [4.78, 5) is 25.2. The molecule has 2 heterocycles. The molecule has 0 fully saturated rings. The van der Waals surface area contributed by atoms with Crippen molar-refractivity contribution in [3.05, 3.63) is 70.4 Å². The molecule has 4 rings (SSSR count). The van der Waals surface area contributed by atoms with E-state index in [0.29, 0.717) is 23.0 Å². The van der Waals surface area contributed by atoms with E-state index in [0.717, 1.165) is 10.2 Å². The van der Waals surface area contributed by atoms with Crippen molar-refractivity contribution in [3.8, 4) is 17.2 Å². The van der Waals surface area contributed by atoms with Gasteiger partial charge < -0.3 is 14.8 Å². The van der Waals surface area contributed by atoms with Crippen molar-refractivity contribution in [1.82, 2.24) is 19.7 Å². The van der Waals surface area contributed by atoms with Gasteiger partial charge in [0, 0.05) is 6.07 Å². The number of fused-ring (bicyclic) bond motifs is 1. The number of hydrogen-bond donors (Lipinski definition) is 1. The smallest absolute Gasteiger partial charge is 0.351 e. The van der Waals surface area contributed by atoms with Gasteiger partial charge in [0.05, 0.1) is 11.7 Å². The minimum Gasteiger partial charge on any atom is -0.454 e. The van der Waals surface area contributed by atoms with Crippen molar-refractivity contribution >= 4 is 5.91 Å². The maximum atomic E-state index is 12.8. The van der Waals surface area contributed by atoms with Crippen LogP contribution in [-0.2, 0) is 11.3 Å². The second kappa shape index (κ2) is 7.22. The molecule has 1 aliphatic heterocycles. The molecule has 1 aliphatic rings. The first kappa shape index (κ1) is 17.8. The molecule has 8 heteroatoms. The van der Waals surface area contributed by atoms with Crippen molar-refractivity contribution in [2.24, 2.45) is 0 Å². The van der Waals surface area contributed by atoms with Gasteiger partial charge in [-0.05, 0) is 31.5 Å². The number of ether oxygens (including phenoxy) is 2. The van der Waals surface area contributed by atoms with Gasteiger partial charge in [-0.3, -0.25) is 4.79 Å². The van der Waals surface area contributed by atoms with E-state index in [1.807, 2.05) is 37.3 Å². The van der Waals surface area contributed by atoms with Gasteiger partial charge in [0.2, 0.25) is 12.7 Å². The Morgan fingerprint density at radius 3 is 2.71 bits per heavy atom. The molecule has 0 saturated carbocycles. The molecule has 1 atom stereocenters. The molecule has 0 spiro atoms. The molecule has 0 bridgehead atoms. The number of amides is 1. The van der Waals surface area contributed by atoms with Crippen LogP contribution in [0.1, 0.15) is 24.4 Å². The fourth-order valence-corrected chi connectivity index (χ4v) is 3.19. The lowest BCUT2D eigenvalue weighted by Crippen LogP contribution is -2.34. The van der Waals surface area contributed by atoms with Crippen molar-refractivity contribution in [2.75, 3.05) is 6.79 Å². The highest BCUT2D eigenvalue weighted by Crippen LogP contribution is 2.33. The van der Waals surface area contributed by atoms with Gasteiger partial charge in [0.15, 0.2) is 11.5 Å². The minimum absolute atomic E-state index is 0.158. The lowest BCUT2D eigenvalue weighted by atomic mass is 10.1. The number of aromatic nitrogens is 3. The maximum Gasteiger partial charge on any atom is 0.351 e. The molecule has 0 saturated heterocycles. The highest BCUT2D eigenvalue weighted by Gasteiger charge is 2.19. The average molecular weight is 380 g/mol. The van der Waals surface area contributed by atoms with Gasteiger partial charge in [-0.1, -0.05) is 30.3 Å². The van der Waals surface area contributed by atoms with Gasteiger partial charge >= 0.3 is 5.69 Å². The van der Waals surface area contributed by atoms with Crippen LogP contribution in [0.4, 0.5) is 0 Å². The van der Waals surface area contributed by atoms with E-state index < -0.39 is 0 Å². The van der Waals surface area contributed by atoms with E-state index in [9.17, 15) is 9.59 Å². The van der Waals surface area contributed by atoms with Crippen molar-refractivity contribution in [3.63, 3.8) is 0 Å². The standard InChI is InChI=1S/C20H20N4O4/c1-13(15-6-4-3-5-7-15)21-19(25)11-23-20(26)24(14(2)22-23)16-8-9-17-18(10-16)28-12-27-17/h3-10,13H,11-12H2,1-2H3,(H,21,25). The lowest BCUT2D eigenvalue weighted by Gasteiger charge is -2.13. The second-order valence-corrected chi connectivity index (χ2v) is 6.56. The van der Waals surface area contributed by atoms with Gasteiger partial charge in [-0.25, -0.2) is 14.0 Å². The zero-order chi connectivity index (χ0) is 19.7. The monoisotopic (exact) mass is 380 g/mol. The fraction of sp³-hybridized carbons (Fsp3) is 0.250. The summed E-state index contributed by atoms with van der Waals surface area (Å²) in [5.41, 5.74) is 1.21. The Labute approximate surface area is 161 Å². The van der Waals surface area contributed by atoms with Gasteiger partial charge in [-0.15, -0.1) is 0 Å². The first-order valence-corrected chi connectivity index (χ1v) is 8.94. The van der Waals surface area contributed by atoms with Crippen LogP contribution < -0.4 is 20.5 Å². The first-order valence-electron chi connectivity index (χ1n) is 8.94. The summed E-state index contributed by atoms with van der Waals surface area (Å²) in [6.07, 6.45) is 0. The summed E-state index contributed by atoms with van der Waals surface area (Å²) in [7, 11) is 0. The fourth-order valence-electron chi connectivity index (χ4n) is 3.19. The number of carbonyl (C=O) groups is 1. The van der Waals surface area contributed by atoms with Crippen LogP contribution in [0.2, 0.25) is 0 Å². The first-order chi connectivity index (χ1) is 13.5. The number of rotatable bonds is 5. The summed E-state index contributed by atoms with van der Waals surface area (Å²) in [6, 6.07) is 14.7. The van der Waals surface area contributed by atoms with Crippen LogP contribution in [-0.4, -0.2) is 27.0 Å². The average Bonchev–Trinajstić information content (AvgIpc) is 3.26. The van der Waals surface area contributed by atoms with Crippen LogP contribution in [0.15, 0.2) is 53.3 Å². The summed E-state index contributed by atoms with van der Waals surface area (Å²) in [6.45, 7) is 3.61.